The molecule has 1 heterocycles. The molecule has 0 saturated carbocycles. The Hall–Kier alpha value is -2.62. The summed E-state index contributed by atoms with van der Waals surface area (Å²) in [6.45, 7) is 2.60. The average molecular weight is 265 g/mol. The largest absolute Gasteiger partial charge is 0.493 e. The summed E-state index contributed by atoms with van der Waals surface area (Å²) in [6.07, 6.45) is 0. The van der Waals surface area contributed by atoms with Crippen molar-refractivity contribution in [3.05, 3.63) is 59.7 Å². The standard InChI is InChI=1S/C16H15N3O/c1-11-6-8-12(9-7-11)10-19-14-5-3-2-4-13(14)15(18-17)16(19)20/h2-9,17,20H,10H2,1H3. The zero-order chi connectivity index (χ0) is 14.1. The van der Waals surface area contributed by atoms with Gasteiger partial charge in [0, 0.05) is 5.39 Å². The first-order valence-electron chi connectivity index (χ1n) is 6.44. The molecule has 0 aliphatic rings. The van der Waals surface area contributed by atoms with Crippen LogP contribution < -0.4 is 0 Å². The molecule has 100 valence electrons. The Morgan fingerprint density at radius 2 is 1.80 bits per heavy atom. The molecule has 4 heteroatoms. The Morgan fingerprint density at radius 3 is 2.50 bits per heavy atom. The Kier molecular flexibility index (Phi) is 2.99. The van der Waals surface area contributed by atoms with E-state index in [1.165, 1.54) is 5.56 Å². The van der Waals surface area contributed by atoms with Crippen LogP contribution in [0.2, 0.25) is 0 Å². The number of benzene rings is 2. The van der Waals surface area contributed by atoms with Crippen LogP contribution in [0.5, 0.6) is 5.88 Å². The van der Waals surface area contributed by atoms with Crippen molar-refractivity contribution in [2.45, 2.75) is 13.5 Å². The molecule has 0 bridgehead atoms. The SMILES string of the molecule is Cc1ccc(Cn2c(O)c(N=N)c3ccccc32)cc1. The average Bonchev–Trinajstić information content (AvgIpc) is 2.74. The molecule has 4 nitrogen and oxygen atoms in total. The minimum Gasteiger partial charge on any atom is -0.493 e. The van der Waals surface area contributed by atoms with Crippen LogP contribution in [0, 0.1) is 12.5 Å². The van der Waals surface area contributed by atoms with Crippen molar-refractivity contribution in [1.29, 1.82) is 5.53 Å². The van der Waals surface area contributed by atoms with Crippen LogP contribution in [0.1, 0.15) is 11.1 Å². The van der Waals surface area contributed by atoms with E-state index in [4.69, 9.17) is 5.53 Å². The molecule has 0 aliphatic carbocycles. The molecule has 1 aromatic heterocycles. The summed E-state index contributed by atoms with van der Waals surface area (Å²) in [5.41, 5.74) is 10.8. The molecule has 0 unspecified atom stereocenters. The number of aryl methyl sites for hydroxylation is 1. The summed E-state index contributed by atoms with van der Waals surface area (Å²) in [5.74, 6) is 0.0433. The van der Waals surface area contributed by atoms with Gasteiger partial charge in [-0.15, -0.1) is 0 Å². The first-order valence-corrected chi connectivity index (χ1v) is 6.44. The van der Waals surface area contributed by atoms with Crippen LogP contribution in [-0.2, 0) is 6.54 Å². The van der Waals surface area contributed by atoms with Crippen molar-refractivity contribution in [2.75, 3.05) is 0 Å². The number of rotatable bonds is 3. The van der Waals surface area contributed by atoms with Gasteiger partial charge in [0.25, 0.3) is 0 Å². The van der Waals surface area contributed by atoms with Gasteiger partial charge in [-0.25, -0.2) is 5.53 Å². The lowest BCUT2D eigenvalue weighted by Crippen LogP contribution is -1.98. The van der Waals surface area contributed by atoms with Gasteiger partial charge >= 0.3 is 0 Å². The molecule has 0 saturated heterocycles. The second-order valence-electron chi connectivity index (χ2n) is 4.87. The highest BCUT2D eigenvalue weighted by atomic mass is 16.3. The van der Waals surface area contributed by atoms with Crippen LogP contribution in [0.3, 0.4) is 0 Å². The van der Waals surface area contributed by atoms with Gasteiger partial charge in [-0.05, 0) is 18.6 Å². The predicted molar refractivity (Wildman–Crippen MR) is 78.7 cm³/mol. The molecule has 0 spiro atoms. The van der Waals surface area contributed by atoms with E-state index in [1.54, 1.807) is 4.57 Å². The lowest BCUT2D eigenvalue weighted by Gasteiger charge is -2.07. The molecule has 0 radical (unpaired) electrons. The zero-order valence-corrected chi connectivity index (χ0v) is 11.2. The molecular weight excluding hydrogens is 250 g/mol. The number of aromatic hydroxyl groups is 1. The van der Waals surface area contributed by atoms with Gasteiger partial charge in [-0.3, -0.25) is 0 Å². The predicted octanol–water partition coefficient (Wildman–Crippen LogP) is 4.37. The number of nitrogens with one attached hydrogen (secondary N) is 1. The number of aromatic nitrogens is 1. The van der Waals surface area contributed by atoms with E-state index in [-0.39, 0.29) is 5.88 Å². The van der Waals surface area contributed by atoms with Crippen LogP contribution in [0.25, 0.3) is 10.9 Å². The van der Waals surface area contributed by atoms with Crippen LogP contribution in [0.15, 0.2) is 53.6 Å². The molecule has 2 aromatic carbocycles. The Labute approximate surface area is 116 Å². The quantitative estimate of drug-likeness (QED) is 0.679. The lowest BCUT2D eigenvalue weighted by molar-refractivity contribution is 0.429. The van der Waals surface area contributed by atoms with Crippen LogP contribution >= 0.6 is 0 Å². The van der Waals surface area contributed by atoms with Crippen molar-refractivity contribution in [3.63, 3.8) is 0 Å². The van der Waals surface area contributed by atoms with E-state index in [2.05, 4.69) is 5.11 Å². The first-order chi connectivity index (χ1) is 9.70. The van der Waals surface area contributed by atoms with Crippen molar-refractivity contribution in [1.82, 2.24) is 4.57 Å². The van der Waals surface area contributed by atoms with E-state index in [9.17, 15) is 5.11 Å². The van der Waals surface area contributed by atoms with E-state index < -0.39 is 0 Å². The Morgan fingerprint density at radius 1 is 1.10 bits per heavy atom. The summed E-state index contributed by atoms with van der Waals surface area (Å²) in [7, 11) is 0. The maximum atomic E-state index is 10.3. The third kappa shape index (κ3) is 1.95. The highest BCUT2D eigenvalue weighted by molar-refractivity contribution is 5.94. The molecule has 3 rings (SSSR count). The van der Waals surface area contributed by atoms with Crippen molar-refractivity contribution < 1.29 is 5.11 Å². The number of hydrogen-bond donors (Lipinski definition) is 2. The third-order valence-electron chi connectivity index (χ3n) is 3.49. The summed E-state index contributed by atoms with van der Waals surface area (Å²) in [6, 6.07) is 15.8. The van der Waals surface area contributed by atoms with Gasteiger partial charge in [-0.2, -0.15) is 5.11 Å². The fraction of sp³-hybridized carbons (Fsp3) is 0.125. The normalized spacial score (nSPS) is 10.8. The second kappa shape index (κ2) is 4.81. The van der Waals surface area contributed by atoms with E-state index in [1.807, 2.05) is 55.5 Å². The topological polar surface area (TPSA) is 61.4 Å². The summed E-state index contributed by atoms with van der Waals surface area (Å²) in [5, 5.41) is 14.5. The smallest absolute Gasteiger partial charge is 0.221 e. The van der Waals surface area contributed by atoms with Crippen LogP contribution in [0.4, 0.5) is 5.69 Å². The maximum absolute atomic E-state index is 10.3. The fourth-order valence-corrected chi connectivity index (χ4v) is 2.42. The molecule has 2 N–H and O–H groups in total. The van der Waals surface area contributed by atoms with Crippen molar-refractivity contribution in [2.24, 2.45) is 5.11 Å². The summed E-state index contributed by atoms with van der Waals surface area (Å²) >= 11 is 0. The number of hydrogen-bond acceptors (Lipinski definition) is 3. The minimum atomic E-state index is 0.0433. The van der Waals surface area contributed by atoms with Gasteiger partial charge in [0.1, 0.15) is 0 Å². The van der Waals surface area contributed by atoms with Crippen LogP contribution in [-0.4, -0.2) is 9.67 Å². The molecular formula is C16H15N3O. The van der Waals surface area contributed by atoms with E-state index >= 15 is 0 Å². The zero-order valence-electron chi connectivity index (χ0n) is 11.2. The monoisotopic (exact) mass is 265 g/mol. The number of nitrogens with zero attached hydrogens (tertiary/aromatic N) is 2. The molecule has 0 fully saturated rings. The molecule has 0 amide bonds. The van der Waals surface area contributed by atoms with Gasteiger partial charge in [-0.1, -0.05) is 48.0 Å². The molecule has 0 atom stereocenters. The number of fused-ring (bicyclic) bond motifs is 1. The van der Waals surface area contributed by atoms with Gasteiger partial charge in [0.05, 0.1) is 12.1 Å². The van der Waals surface area contributed by atoms with Gasteiger partial charge < -0.3 is 9.67 Å². The van der Waals surface area contributed by atoms with Crippen molar-refractivity contribution >= 4 is 16.6 Å². The highest BCUT2D eigenvalue weighted by Crippen LogP contribution is 2.38. The van der Waals surface area contributed by atoms with Crippen molar-refractivity contribution in [3.8, 4) is 5.88 Å². The lowest BCUT2D eigenvalue weighted by atomic mass is 10.1. The van der Waals surface area contributed by atoms with E-state index in [0.29, 0.717) is 12.2 Å². The number of para-hydroxylation sites is 1. The second-order valence-corrected chi connectivity index (χ2v) is 4.87. The molecule has 20 heavy (non-hydrogen) atoms. The fourth-order valence-electron chi connectivity index (χ4n) is 2.42. The summed E-state index contributed by atoms with van der Waals surface area (Å²) < 4.78 is 1.79. The summed E-state index contributed by atoms with van der Waals surface area (Å²) in [4.78, 5) is 0. The Balaban J connectivity index is 2.13. The molecule has 3 aromatic rings. The van der Waals surface area contributed by atoms with Gasteiger partial charge in [0.15, 0.2) is 5.69 Å². The minimum absolute atomic E-state index is 0.0433. The highest BCUT2D eigenvalue weighted by Gasteiger charge is 2.15. The third-order valence-corrected chi connectivity index (χ3v) is 3.49. The maximum Gasteiger partial charge on any atom is 0.221 e. The Bertz CT molecular complexity index is 772. The molecule has 0 aliphatic heterocycles. The first kappa shape index (κ1) is 12.4. The van der Waals surface area contributed by atoms with E-state index in [0.717, 1.165) is 16.5 Å². The van der Waals surface area contributed by atoms with Gasteiger partial charge in [0.2, 0.25) is 5.88 Å².